The van der Waals surface area contributed by atoms with Crippen LogP contribution in [0.5, 0.6) is 0 Å². The molecule has 0 heterocycles. The number of rotatable bonds is 4. The van der Waals surface area contributed by atoms with Crippen molar-refractivity contribution in [3.8, 4) is 0 Å². The predicted molar refractivity (Wildman–Crippen MR) is 166 cm³/mol. The zero-order valence-corrected chi connectivity index (χ0v) is 28.3. The summed E-state index contributed by atoms with van der Waals surface area (Å²) in [5, 5.41) is 1.81. The summed E-state index contributed by atoms with van der Waals surface area (Å²) in [7, 11) is -3.05. The van der Waals surface area contributed by atoms with Gasteiger partial charge in [-0.15, -0.1) is 12.1 Å². The van der Waals surface area contributed by atoms with E-state index in [1.165, 1.54) is 43.2 Å². The van der Waals surface area contributed by atoms with Crippen LogP contribution in [0.2, 0.25) is 44.8 Å². The Labute approximate surface area is 245 Å². The molecule has 2 fully saturated rings. The summed E-state index contributed by atoms with van der Waals surface area (Å²) in [5.74, 6) is 3.61. The molecule has 0 saturated heterocycles. The molecule has 5 rings (SSSR count). The van der Waals surface area contributed by atoms with Crippen molar-refractivity contribution in [2.75, 3.05) is 0 Å². The van der Waals surface area contributed by atoms with Gasteiger partial charge in [-0.1, -0.05) is 137 Å². The number of allylic oxidation sites excluding steroid dienone is 4. The summed E-state index contributed by atoms with van der Waals surface area (Å²) in [6.07, 6.45) is 10.1. The smallest absolute Gasteiger partial charge is 0.0735 e. The quantitative estimate of drug-likeness (QED) is 0.257. The molecule has 4 atom stereocenters. The molecule has 2 saturated carbocycles. The first kappa shape index (κ1) is 30.5. The standard InChI is InChI=1S/C29H39Si2.C5H10.Ti/c1-20-19-24(22-15-11-9-12-16-22)28(30(3,4)5)26-21(2)25(20)27(29(26)31(6,7)8)23-17-13-10-14-18-23;1-2-4-5-3-1;/h9-19,21,25-26,29H,1-8H3;1-5H2;/q-1;;/t21?,25-,26-,29?;;/m0../s1. The van der Waals surface area contributed by atoms with Crippen molar-refractivity contribution in [1.82, 2.24) is 0 Å². The first-order chi connectivity index (χ1) is 17.0. The largest absolute Gasteiger partial charge is 0.188 e. The topological polar surface area (TPSA) is 0 Å². The fourth-order valence-corrected chi connectivity index (χ4v) is 12.9. The van der Waals surface area contributed by atoms with Gasteiger partial charge in [0.2, 0.25) is 0 Å². The van der Waals surface area contributed by atoms with Crippen LogP contribution < -0.4 is 0 Å². The first-order valence-corrected chi connectivity index (χ1v) is 21.5. The fraction of sp³-hybridized carbons (Fsp3) is 0.500. The van der Waals surface area contributed by atoms with Crippen molar-refractivity contribution in [2.45, 2.75) is 90.8 Å². The maximum absolute atomic E-state index is 2.60. The van der Waals surface area contributed by atoms with Gasteiger partial charge < -0.3 is 0 Å². The van der Waals surface area contributed by atoms with E-state index in [2.05, 4.69) is 120 Å². The van der Waals surface area contributed by atoms with Gasteiger partial charge in [0.05, 0.1) is 8.07 Å². The van der Waals surface area contributed by atoms with Crippen LogP contribution in [0.4, 0.5) is 0 Å². The average Bonchev–Trinajstić information content (AvgIpc) is 3.47. The Hall–Kier alpha value is -1.06. The van der Waals surface area contributed by atoms with E-state index in [0.717, 1.165) is 0 Å². The van der Waals surface area contributed by atoms with Crippen LogP contribution in [0.3, 0.4) is 0 Å². The molecule has 2 aromatic rings. The second kappa shape index (κ2) is 12.4. The van der Waals surface area contributed by atoms with E-state index in [4.69, 9.17) is 0 Å². The zero-order chi connectivity index (χ0) is 26.1. The van der Waals surface area contributed by atoms with Crippen LogP contribution in [0.15, 0.2) is 77.5 Å². The maximum Gasteiger partial charge on any atom is 0.0735 e. The Kier molecular flexibility index (Phi) is 10.2. The normalized spacial score (nSPS) is 25.6. The van der Waals surface area contributed by atoms with Crippen LogP contribution in [-0.2, 0) is 21.7 Å². The van der Waals surface area contributed by atoms with Crippen LogP contribution in [0.1, 0.15) is 57.1 Å². The van der Waals surface area contributed by atoms with Crippen LogP contribution in [-0.4, -0.2) is 16.1 Å². The van der Waals surface area contributed by atoms with Crippen molar-refractivity contribution in [3.05, 3.63) is 94.6 Å². The molecule has 3 heteroatoms. The minimum absolute atomic E-state index is 0. The second-order valence-corrected chi connectivity index (χ2v) is 24.0. The minimum Gasteiger partial charge on any atom is -0.188 e. The molecule has 0 aliphatic heterocycles. The van der Waals surface area contributed by atoms with Gasteiger partial charge in [-0.05, 0) is 35.8 Å². The molecule has 37 heavy (non-hydrogen) atoms. The predicted octanol–water partition coefficient (Wildman–Crippen LogP) is 10.4. The zero-order valence-electron chi connectivity index (χ0n) is 24.7. The molecule has 0 amide bonds. The summed E-state index contributed by atoms with van der Waals surface area (Å²) >= 11 is 0. The van der Waals surface area contributed by atoms with E-state index >= 15 is 0 Å². The van der Waals surface area contributed by atoms with Gasteiger partial charge in [0.25, 0.3) is 0 Å². The van der Waals surface area contributed by atoms with Crippen molar-refractivity contribution in [2.24, 2.45) is 17.8 Å². The van der Waals surface area contributed by atoms with E-state index in [0.29, 0.717) is 23.3 Å². The molecule has 2 aromatic carbocycles. The monoisotopic (exact) mass is 561 g/mol. The second-order valence-electron chi connectivity index (χ2n) is 13.6. The Bertz CT molecular complexity index is 1060. The summed E-state index contributed by atoms with van der Waals surface area (Å²) in [6.45, 7) is 20.5. The van der Waals surface area contributed by atoms with E-state index in [1.807, 2.05) is 5.20 Å². The van der Waals surface area contributed by atoms with E-state index in [1.54, 1.807) is 17.1 Å². The molecule has 2 bridgehead atoms. The third-order valence-corrected chi connectivity index (χ3v) is 13.5. The van der Waals surface area contributed by atoms with Crippen LogP contribution in [0.25, 0.3) is 5.57 Å². The van der Waals surface area contributed by atoms with Crippen molar-refractivity contribution in [1.29, 1.82) is 0 Å². The fourth-order valence-electron chi connectivity index (χ4n) is 7.48. The third kappa shape index (κ3) is 6.57. The molecule has 3 aliphatic rings. The summed E-state index contributed by atoms with van der Waals surface area (Å²) in [6, 6.07) is 22.6. The molecule has 0 aromatic heterocycles. The Morgan fingerprint density at radius 3 is 1.68 bits per heavy atom. The van der Waals surface area contributed by atoms with Crippen molar-refractivity contribution < 1.29 is 21.7 Å². The van der Waals surface area contributed by atoms with Crippen molar-refractivity contribution >= 4 is 21.7 Å². The molecular weight excluding hydrogens is 512 g/mol. The summed E-state index contributed by atoms with van der Waals surface area (Å²) < 4.78 is 0. The van der Waals surface area contributed by atoms with Crippen LogP contribution in [0, 0.1) is 23.7 Å². The van der Waals surface area contributed by atoms with E-state index in [9.17, 15) is 0 Å². The Morgan fingerprint density at radius 2 is 1.22 bits per heavy atom. The Balaban J connectivity index is 0.000000568. The van der Waals surface area contributed by atoms with E-state index in [-0.39, 0.29) is 21.7 Å². The van der Waals surface area contributed by atoms with Gasteiger partial charge >= 0.3 is 0 Å². The Morgan fingerprint density at radius 1 is 0.730 bits per heavy atom. The SMILES string of the molecule is C1CCCC1.CC1=CC(c2ccccc2)=C([Si](C)(C)C)[C@@H]2C(C)[C@H]1[C-](c1ccccc1)C2[Si](C)(C)C.[Ti]. The number of hydrogen-bond donors (Lipinski definition) is 0. The molecular formula is C34H49Si2Ti-. The minimum atomic E-state index is -1.57. The molecule has 0 nitrogen and oxygen atoms in total. The molecule has 2 unspecified atom stereocenters. The van der Waals surface area contributed by atoms with Gasteiger partial charge in [0.15, 0.2) is 0 Å². The van der Waals surface area contributed by atoms with Crippen molar-refractivity contribution in [3.63, 3.8) is 0 Å². The van der Waals surface area contributed by atoms with Gasteiger partial charge in [-0.2, -0.15) is 23.6 Å². The van der Waals surface area contributed by atoms with Gasteiger partial charge in [-0.25, -0.2) is 0 Å². The van der Waals surface area contributed by atoms with E-state index < -0.39 is 16.1 Å². The van der Waals surface area contributed by atoms with Gasteiger partial charge in [-0.3, -0.25) is 0 Å². The average molecular weight is 562 g/mol. The molecule has 3 aliphatic carbocycles. The molecule has 0 radical (unpaired) electrons. The third-order valence-electron chi connectivity index (χ3n) is 8.79. The number of fused-ring (bicyclic) bond motifs is 2. The van der Waals surface area contributed by atoms with Gasteiger partial charge in [0.1, 0.15) is 0 Å². The number of hydrogen-bond acceptors (Lipinski definition) is 0. The number of benzene rings is 2. The summed E-state index contributed by atoms with van der Waals surface area (Å²) in [4.78, 5) is 0. The molecule has 198 valence electrons. The van der Waals surface area contributed by atoms with Gasteiger partial charge in [0, 0.05) is 29.8 Å². The molecule has 0 N–H and O–H groups in total. The first-order valence-electron chi connectivity index (χ1n) is 14.4. The maximum atomic E-state index is 2.60. The summed E-state index contributed by atoms with van der Waals surface area (Å²) in [5.41, 5.74) is 6.70. The van der Waals surface area contributed by atoms with Crippen LogP contribution >= 0.6 is 0 Å². The molecule has 0 spiro atoms.